The lowest BCUT2D eigenvalue weighted by Crippen LogP contribution is -2.36. The molecule has 2 aliphatic carbocycles. The maximum Gasteiger partial charge on any atom is 0.130 e. The second kappa shape index (κ2) is 4.29. The van der Waals surface area contributed by atoms with Gasteiger partial charge in [-0.25, -0.2) is 0 Å². The van der Waals surface area contributed by atoms with Crippen LogP contribution in [0, 0.1) is 5.92 Å². The Hall–Kier alpha value is -1.11. The number of fused-ring (bicyclic) bond motifs is 1. The van der Waals surface area contributed by atoms with Crippen LogP contribution in [-0.4, -0.2) is 6.29 Å². The lowest BCUT2D eigenvalue weighted by atomic mass is 9.66. The fraction of sp³-hybridized carbons (Fsp3) is 0.562. The molecule has 1 aromatic rings. The third-order valence-corrected chi connectivity index (χ3v) is 4.87. The fourth-order valence-electron chi connectivity index (χ4n) is 3.93. The minimum Gasteiger partial charge on any atom is -0.302 e. The summed E-state index contributed by atoms with van der Waals surface area (Å²) in [7, 11) is 0. The first-order valence-electron chi connectivity index (χ1n) is 6.91. The Labute approximate surface area is 103 Å². The van der Waals surface area contributed by atoms with E-state index in [1.807, 2.05) is 0 Å². The van der Waals surface area contributed by atoms with E-state index in [0.717, 1.165) is 12.8 Å². The first kappa shape index (κ1) is 11.0. The van der Waals surface area contributed by atoms with Gasteiger partial charge < -0.3 is 4.79 Å². The van der Waals surface area contributed by atoms with Crippen molar-refractivity contribution in [3.63, 3.8) is 0 Å². The van der Waals surface area contributed by atoms with Crippen molar-refractivity contribution < 1.29 is 4.79 Å². The smallest absolute Gasteiger partial charge is 0.130 e. The zero-order valence-corrected chi connectivity index (χ0v) is 10.3. The van der Waals surface area contributed by atoms with E-state index in [2.05, 4.69) is 24.3 Å². The molecule has 1 atom stereocenters. The molecular formula is C16H20O. The summed E-state index contributed by atoms with van der Waals surface area (Å²) in [6.07, 6.45) is 9.86. The van der Waals surface area contributed by atoms with Crippen LogP contribution in [0.3, 0.4) is 0 Å². The summed E-state index contributed by atoms with van der Waals surface area (Å²) in [6.45, 7) is 0. The van der Waals surface area contributed by atoms with Gasteiger partial charge in [0.25, 0.3) is 0 Å². The Bertz CT molecular complexity index is 417. The van der Waals surface area contributed by atoms with Crippen molar-refractivity contribution in [2.24, 2.45) is 5.92 Å². The van der Waals surface area contributed by atoms with E-state index in [0.29, 0.717) is 5.92 Å². The maximum atomic E-state index is 11.8. The molecule has 0 saturated heterocycles. The van der Waals surface area contributed by atoms with Crippen LogP contribution in [0.1, 0.15) is 49.7 Å². The Morgan fingerprint density at radius 3 is 2.65 bits per heavy atom. The predicted octanol–water partition coefficient (Wildman–Crippen LogP) is 3.65. The van der Waals surface area contributed by atoms with E-state index >= 15 is 0 Å². The lowest BCUT2D eigenvalue weighted by Gasteiger charge is -2.36. The first-order valence-corrected chi connectivity index (χ1v) is 6.91. The summed E-state index contributed by atoms with van der Waals surface area (Å²) >= 11 is 0. The first-order chi connectivity index (χ1) is 8.37. The van der Waals surface area contributed by atoms with Crippen molar-refractivity contribution in [2.45, 2.75) is 50.4 Å². The van der Waals surface area contributed by atoms with E-state index in [-0.39, 0.29) is 5.41 Å². The van der Waals surface area contributed by atoms with E-state index in [1.54, 1.807) is 0 Å². The minimum atomic E-state index is -0.142. The molecular weight excluding hydrogens is 208 g/mol. The predicted molar refractivity (Wildman–Crippen MR) is 69.1 cm³/mol. The van der Waals surface area contributed by atoms with Crippen LogP contribution in [0.4, 0.5) is 0 Å². The van der Waals surface area contributed by atoms with Crippen molar-refractivity contribution in [1.29, 1.82) is 0 Å². The molecule has 1 fully saturated rings. The largest absolute Gasteiger partial charge is 0.302 e. The summed E-state index contributed by atoms with van der Waals surface area (Å²) in [5.41, 5.74) is 2.60. The molecule has 1 nitrogen and oxygen atoms in total. The highest BCUT2D eigenvalue weighted by molar-refractivity contribution is 5.72. The molecule has 0 heterocycles. The Kier molecular flexibility index (Phi) is 2.78. The van der Waals surface area contributed by atoms with Gasteiger partial charge in [-0.2, -0.15) is 0 Å². The minimum absolute atomic E-state index is 0.142. The highest BCUT2D eigenvalue weighted by Crippen LogP contribution is 2.47. The van der Waals surface area contributed by atoms with Gasteiger partial charge in [0.2, 0.25) is 0 Å². The standard InChI is InChI=1S/C16H20O/c17-12-16(14-7-2-1-3-8-14)11-10-13-6-4-5-9-15(13)16/h4-6,9,12,14H,1-3,7-8,10-11H2/t16-/m1/s1. The van der Waals surface area contributed by atoms with Gasteiger partial charge in [-0.1, -0.05) is 43.5 Å². The topological polar surface area (TPSA) is 17.1 Å². The molecule has 2 aliphatic rings. The van der Waals surface area contributed by atoms with Crippen LogP contribution in [0.15, 0.2) is 24.3 Å². The molecule has 1 heteroatoms. The Morgan fingerprint density at radius 2 is 1.88 bits per heavy atom. The third-order valence-electron chi connectivity index (χ3n) is 4.87. The molecule has 1 aromatic carbocycles. The van der Waals surface area contributed by atoms with Crippen molar-refractivity contribution in [2.75, 3.05) is 0 Å². The second-order valence-electron chi connectivity index (χ2n) is 5.65. The molecule has 0 radical (unpaired) electrons. The molecule has 1 saturated carbocycles. The summed E-state index contributed by atoms with van der Waals surface area (Å²) in [5.74, 6) is 0.595. The monoisotopic (exact) mass is 228 g/mol. The van der Waals surface area contributed by atoms with Crippen LogP contribution in [0.5, 0.6) is 0 Å². The van der Waals surface area contributed by atoms with E-state index in [1.165, 1.54) is 49.5 Å². The fourth-order valence-corrected chi connectivity index (χ4v) is 3.93. The zero-order chi connectivity index (χ0) is 11.7. The van der Waals surface area contributed by atoms with Gasteiger partial charge in [0.15, 0.2) is 0 Å². The molecule has 3 rings (SSSR count). The van der Waals surface area contributed by atoms with Crippen LogP contribution in [0.2, 0.25) is 0 Å². The average molecular weight is 228 g/mol. The highest BCUT2D eigenvalue weighted by Gasteiger charge is 2.44. The molecule has 0 unspecified atom stereocenters. The number of hydrogen-bond donors (Lipinski definition) is 0. The lowest BCUT2D eigenvalue weighted by molar-refractivity contribution is -0.114. The average Bonchev–Trinajstić information content (AvgIpc) is 2.80. The van der Waals surface area contributed by atoms with Crippen molar-refractivity contribution in [3.05, 3.63) is 35.4 Å². The normalized spacial score (nSPS) is 28.9. The number of hydrogen-bond acceptors (Lipinski definition) is 1. The van der Waals surface area contributed by atoms with Crippen LogP contribution in [-0.2, 0) is 16.6 Å². The number of carbonyl (C=O) groups excluding carboxylic acids is 1. The highest BCUT2D eigenvalue weighted by atomic mass is 16.1. The molecule has 0 spiro atoms. The van der Waals surface area contributed by atoms with Gasteiger partial charge in [0.1, 0.15) is 6.29 Å². The van der Waals surface area contributed by atoms with Crippen LogP contribution < -0.4 is 0 Å². The van der Waals surface area contributed by atoms with Gasteiger partial charge in [0, 0.05) is 0 Å². The van der Waals surface area contributed by atoms with E-state index in [9.17, 15) is 4.79 Å². The molecule has 17 heavy (non-hydrogen) atoms. The summed E-state index contributed by atoms with van der Waals surface area (Å²) in [4.78, 5) is 11.8. The van der Waals surface area contributed by atoms with Crippen LogP contribution >= 0.6 is 0 Å². The van der Waals surface area contributed by atoms with E-state index in [4.69, 9.17) is 0 Å². The van der Waals surface area contributed by atoms with Crippen molar-refractivity contribution in [1.82, 2.24) is 0 Å². The molecule has 0 aromatic heterocycles. The molecule has 0 aliphatic heterocycles. The number of rotatable bonds is 2. The number of carbonyl (C=O) groups is 1. The summed E-state index contributed by atoms with van der Waals surface area (Å²) in [6, 6.07) is 8.57. The number of aldehydes is 1. The van der Waals surface area contributed by atoms with Crippen molar-refractivity contribution >= 4 is 6.29 Å². The molecule has 0 N–H and O–H groups in total. The SMILES string of the molecule is O=C[C@@]1(C2CCCCC2)CCc2ccccc21. The maximum absolute atomic E-state index is 11.8. The van der Waals surface area contributed by atoms with Gasteiger partial charge in [0.05, 0.1) is 5.41 Å². The van der Waals surface area contributed by atoms with Crippen molar-refractivity contribution in [3.8, 4) is 0 Å². The molecule has 90 valence electrons. The van der Waals surface area contributed by atoms with E-state index < -0.39 is 0 Å². The molecule has 0 amide bonds. The summed E-state index contributed by atoms with van der Waals surface area (Å²) in [5, 5.41) is 0. The zero-order valence-electron chi connectivity index (χ0n) is 10.3. The third kappa shape index (κ3) is 1.64. The molecule has 0 bridgehead atoms. The number of benzene rings is 1. The Balaban J connectivity index is 2.01. The second-order valence-corrected chi connectivity index (χ2v) is 5.65. The summed E-state index contributed by atoms with van der Waals surface area (Å²) < 4.78 is 0. The quantitative estimate of drug-likeness (QED) is 0.706. The van der Waals surface area contributed by atoms with Gasteiger partial charge >= 0.3 is 0 Å². The van der Waals surface area contributed by atoms with Gasteiger partial charge in [-0.3, -0.25) is 0 Å². The van der Waals surface area contributed by atoms with Crippen LogP contribution in [0.25, 0.3) is 0 Å². The van der Waals surface area contributed by atoms with Gasteiger partial charge in [-0.15, -0.1) is 0 Å². The Morgan fingerprint density at radius 1 is 1.12 bits per heavy atom. The number of aryl methyl sites for hydroxylation is 1. The van der Waals surface area contributed by atoms with Gasteiger partial charge in [-0.05, 0) is 42.7 Å².